The Morgan fingerprint density at radius 3 is 2.57 bits per heavy atom. The Hall–Kier alpha value is -0.570. The van der Waals surface area contributed by atoms with E-state index in [0.717, 1.165) is 25.4 Å². The molecule has 0 heterocycles. The lowest BCUT2D eigenvalue weighted by atomic mass is 9.95. The second-order valence-electron chi connectivity index (χ2n) is 4.21. The van der Waals surface area contributed by atoms with Gasteiger partial charge in [-0.15, -0.1) is 0 Å². The second-order valence-corrected chi connectivity index (χ2v) is 4.21. The summed E-state index contributed by atoms with van der Waals surface area (Å²) in [7, 11) is 0. The van der Waals surface area contributed by atoms with Gasteiger partial charge in [-0.25, -0.2) is 0 Å². The molecule has 0 radical (unpaired) electrons. The first-order valence-corrected chi connectivity index (χ1v) is 5.81. The van der Waals surface area contributed by atoms with Crippen LogP contribution in [0.25, 0.3) is 0 Å². The fourth-order valence-electron chi connectivity index (χ4n) is 2.04. The van der Waals surface area contributed by atoms with Gasteiger partial charge in [-0.3, -0.25) is 4.79 Å². The normalized spacial score (nSPS) is 18.3. The van der Waals surface area contributed by atoms with Crippen LogP contribution in [-0.4, -0.2) is 18.5 Å². The van der Waals surface area contributed by atoms with Crippen molar-refractivity contribution in [3.63, 3.8) is 0 Å². The molecule has 0 aromatic rings. The van der Waals surface area contributed by atoms with Gasteiger partial charge in [0.05, 0.1) is 0 Å². The van der Waals surface area contributed by atoms with Gasteiger partial charge in [0.1, 0.15) is 0 Å². The third-order valence-corrected chi connectivity index (χ3v) is 2.89. The molecule has 1 aliphatic carbocycles. The van der Waals surface area contributed by atoms with Gasteiger partial charge >= 0.3 is 0 Å². The van der Waals surface area contributed by atoms with E-state index in [4.69, 9.17) is 5.73 Å². The molecule has 0 aliphatic heterocycles. The summed E-state index contributed by atoms with van der Waals surface area (Å²) in [6, 6.07) is 0.734. The van der Waals surface area contributed by atoms with Gasteiger partial charge in [-0.2, -0.15) is 0 Å². The first-order valence-electron chi connectivity index (χ1n) is 5.81. The van der Waals surface area contributed by atoms with Crippen molar-refractivity contribution < 1.29 is 4.79 Å². The molecule has 82 valence electrons. The van der Waals surface area contributed by atoms with Crippen molar-refractivity contribution in [3.8, 4) is 0 Å². The molecule has 14 heavy (non-hydrogen) atoms. The summed E-state index contributed by atoms with van der Waals surface area (Å²) in [5, 5.41) is 3.54. The molecule has 1 amide bonds. The summed E-state index contributed by atoms with van der Waals surface area (Å²) in [6.45, 7) is 1.04. The highest BCUT2D eigenvalue weighted by molar-refractivity contribution is 5.73. The van der Waals surface area contributed by atoms with E-state index < -0.39 is 0 Å². The van der Waals surface area contributed by atoms with Crippen LogP contribution >= 0.6 is 0 Å². The van der Waals surface area contributed by atoms with Crippen molar-refractivity contribution in [2.75, 3.05) is 6.54 Å². The second kappa shape index (κ2) is 6.82. The summed E-state index contributed by atoms with van der Waals surface area (Å²) in [5.41, 5.74) is 5.06. The summed E-state index contributed by atoms with van der Waals surface area (Å²) >= 11 is 0. The maximum atomic E-state index is 10.5. The van der Waals surface area contributed by atoms with Crippen LogP contribution in [0, 0.1) is 0 Å². The van der Waals surface area contributed by atoms with Crippen molar-refractivity contribution in [3.05, 3.63) is 0 Å². The highest BCUT2D eigenvalue weighted by atomic mass is 16.1. The maximum Gasteiger partial charge on any atom is 0.217 e. The minimum absolute atomic E-state index is 0.178. The predicted molar refractivity (Wildman–Crippen MR) is 57.9 cm³/mol. The molecule has 3 nitrogen and oxygen atoms in total. The van der Waals surface area contributed by atoms with Gasteiger partial charge in [-0.05, 0) is 32.2 Å². The van der Waals surface area contributed by atoms with Crippen LogP contribution in [0.3, 0.4) is 0 Å². The number of rotatable bonds is 6. The molecule has 1 fully saturated rings. The molecular weight excluding hydrogens is 176 g/mol. The van der Waals surface area contributed by atoms with Gasteiger partial charge < -0.3 is 11.1 Å². The van der Waals surface area contributed by atoms with Crippen LogP contribution in [0.4, 0.5) is 0 Å². The van der Waals surface area contributed by atoms with E-state index in [1.165, 1.54) is 32.1 Å². The number of carbonyl (C=O) groups excluding carboxylic acids is 1. The third kappa shape index (κ3) is 5.22. The molecule has 0 unspecified atom stereocenters. The number of hydrogen-bond donors (Lipinski definition) is 2. The number of hydrogen-bond acceptors (Lipinski definition) is 2. The molecule has 1 rings (SSSR count). The van der Waals surface area contributed by atoms with Crippen LogP contribution < -0.4 is 11.1 Å². The van der Waals surface area contributed by atoms with E-state index in [-0.39, 0.29) is 5.91 Å². The standard InChI is InChI=1S/C11H22N2O/c12-11(14)8-4-5-9-13-10-6-2-1-3-7-10/h10,13H,1-9H2,(H2,12,14). The molecular formula is C11H22N2O. The van der Waals surface area contributed by atoms with Gasteiger partial charge in [0, 0.05) is 12.5 Å². The maximum absolute atomic E-state index is 10.5. The zero-order chi connectivity index (χ0) is 10.2. The average Bonchev–Trinajstić information content (AvgIpc) is 2.18. The predicted octanol–water partition coefficient (Wildman–Crippen LogP) is 1.56. The van der Waals surface area contributed by atoms with E-state index in [1.54, 1.807) is 0 Å². The zero-order valence-electron chi connectivity index (χ0n) is 8.93. The largest absolute Gasteiger partial charge is 0.370 e. The number of unbranched alkanes of at least 4 members (excludes halogenated alkanes) is 1. The monoisotopic (exact) mass is 198 g/mol. The van der Waals surface area contributed by atoms with E-state index in [0.29, 0.717) is 6.42 Å². The molecule has 0 spiro atoms. The van der Waals surface area contributed by atoms with E-state index in [9.17, 15) is 4.79 Å². The number of amides is 1. The number of nitrogens with two attached hydrogens (primary N) is 1. The Morgan fingerprint density at radius 1 is 1.21 bits per heavy atom. The summed E-state index contributed by atoms with van der Waals surface area (Å²) in [4.78, 5) is 10.5. The molecule has 1 aliphatic rings. The Kier molecular flexibility index (Phi) is 5.60. The molecule has 3 N–H and O–H groups in total. The fraction of sp³-hybridized carbons (Fsp3) is 0.909. The van der Waals surface area contributed by atoms with Gasteiger partial charge in [-0.1, -0.05) is 19.3 Å². The van der Waals surface area contributed by atoms with Crippen LogP contribution in [0.5, 0.6) is 0 Å². The van der Waals surface area contributed by atoms with Crippen LogP contribution in [-0.2, 0) is 4.79 Å². The molecule has 0 atom stereocenters. The highest BCUT2D eigenvalue weighted by Crippen LogP contribution is 2.17. The lowest BCUT2D eigenvalue weighted by Crippen LogP contribution is -2.31. The lowest BCUT2D eigenvalue weighted by Gasteiger charge is -2.22. The van der Waals surface area contributed by atoms with E-state index in [1.807, 2.05) is 0 Å². The molecule has 0 bridgehead atoms. The molecule has 0 aromatic carbocycles. The van der Waals surface area contributed by atoms with Crippen LogP contribution in [0.2, 0.25) is 0 Å². The smallest absolute Gasteiger partial charge is 0.217 e. The van der Waals surface area contributed by atoms with Crippen LogP contribution in [0.15, 0.2) is 0 Å². The third-order valence-electron chi connectivity index (χ3n) is 2.89. The molecule has 0 aromatic heterocycles. The van der Waals surface area contributed by atoms with Crippen molar-refractivity contribution in [1.82, 2.24) is 5.32 Å². The molecule has 1 saturated carbocycles. The topological polar surface area (TPSA) is 55.1 Å². The fourth-order valence-corrected chi connectivity index (χ4v) is 2.04. The highest BCUT2D eigenvalue weighted by Gasteiger charge is 2.11. The van der Waals surface area contributed by atoms with Crippen molar-refractivity contribution in [2.45, 2.75) is 57.4 Å². The summed E-state index contributed by atoms with van der Waals surface area (Å²) < 4.78 is 0. The average molecular weight is 198 g/mol. The first-order chi connectivity index (χ1) is 6.79. The van der Waals surface area contributed by atoms with Gasteiger partial charge in [0.15, 0.2) is 0 Å². The zero-order valence-corrected chi connectivity index (χ0v) is 8.93. The SMILES string of the molecule is NC(=O)CCCCNC1CCCCC1. The minimum atomic E-state index is -0.178. The van der Waals surface area contributed by atoms with Crippen LogP contribution in [0.1, 0.15) is 51.4 Å². The van der Waals surface area contributed by atoms with Gasteiger partial charge in [0.25, 0.3) is 0 Å². The number of nitrogens with one attached hydrogen (secondary N) is 1. The van der Waals surface area contributed by atoms with Crippen molar-refractivity contribution in [1.29, 1.82) is 0 Å². The Bertz CT molecular complexity index is 165. The minimum Gasteiger partial charge on any atom is -0.370 e. The van der Waals surface area contributed by atoms with Gasteiger partial charge in [0.2, 0.25) is 5.91 Å². The Labute approximate surface area is 86.4 Å². The molecule has 3 heteroatoms. The van der Waals surface area contributed by atoms with Crippen molar-refractivity contribution >= 4 is 5.91 Å². The Morgan fingerprint density at radius 2 is 1.93 bits per heavy atom. The quantitative estimate of drug-likeness (QED) is 0.636. The van der Waals surface area contributed by atoms with E-state index >= 15 is 0 Å². The van der Waals surface area contributed by atoms with E-state index in [2.05, 4.69) is 5.32 Å². The first kappa shape index (κ1) is 11.5. The summed E-state index contributed by atoms with van der Waals surface area (Å²) in [6.07, 6.45) is 9.34. The van der Waals surface area contributed by atoms with Crippen molar-refractivity contribution in [2.24, 2.45) is 5.73 Å². The Balaban J connectivity index is 1.90. The molecule has 0 saturated heterocycles. The number of carbonyl (C=O) groups is 1. The summed E-state index contributed by atoms with van der Waals surface area (Å²) in [5.74, 6) is -0.178. The lowest BCUT2D eigenvalue weighted by molar-refractivity contribution is -0.118. The number of primary amides is 1.